The molecule has 0 aliphatic carbocycles. The Kier molecular flexibility index (Phi) is 8.48. The molecule has 4 aromatic rings. The van der Waals surface area contributed by atoms with Crippen molar-refractivity contribution in [1.29, 1.82) is 0 Å². The molecule has 0 atom stereocenters. The minimum absolute atomic E-state index is 0.113. The van der Waals surface area contributed by atoms with Crippen LogP contribution in [0.25, 0.3) is 5.69 Å². The quantitative estimate of drug-likeness (QED) is 0.198. The van der Waals surface area contributed by atoms with E-state index in [2.05, 4.69) is 31.0 Å². The fraction of sp³-hybridized carbons (Fsp3) is 0.172. The van der Waals surface area contributed by atoms with Crippen LogP contribution in [0.2, 0.25) is 0 Å². The third-order valence-corrected chi connectivity index (χ3v) is 8.46. The maximum absolute atomic E-state index is 13.6. The van der Waals surface area contributed by atoms with Crippen LogP contribution in [0.15, 0.2) is 99.4 Å². The molecule has 0 aliphatic rings. The zero-order chi connectivity index (χ0) is 27.3. The number of hydrazone groups is 1. The highest BCUT2D eigenvalue weighted by molar-refractivity contribution is 9.10. The van der Waals surface area contributed by atoms with Crippen LogP contribution in [0.1, 0.15) is 29.4 Å². The number of benzene rings is 3. The molecule has 0 unspecified atom stereocenters. The molecule has 196 valence electrons. The summed E-state index contributed by atoms with van der Waals surface area (Å²) in [4.78, 5) is 13.1. The number of para-hydroxylation sites is 1. The molecule has 1 aromatic heterocycles. The molecule has 0 spiro atoms. The Balaban J connectivity index is 1.57. The van der Waals surface area contributed by atoms with Gasteiger partial charge in [0.05, 0.1) is 16.8 Å². The van der Waals surface area contributed by atoms with Gasteiger partial charge in [-0.25, -0.2) is 13.8 Å². The van der Waals surface area contributed by atoms with Crippen LogP contribution in [-0.4, -0.2) is 31.7 Å². The van der Waals surface area contributed by atoms with E-state index in [1.54, 1.807) is 36.5 Å². The van der Waals surface area contributed by atoms with Gasteiger partial charge in [-0.15, -0.1) is 0 Å². The van der Waals surface area contributed by atoms with Gasteiger partial charge in [-0.2, -0.15) is 5.10 Å². The zero-order valence-electron chi connectivity index (χ0n) is 21.4. The van der Waals surface area contributed by atoms with Crippen LogP contribution in [0.3, 0.4) is 0 Å². The van der Waals surface area contributed by atoms with Crippen molar-refractivity contribution in [3.8, 4) is 5.69 Å². The molecule has 0 saturated heterocycles. The van der Waals surface area contributed by atoms with E-state index in [1.165, 1.54) is 12.1 Å². The molecule has 38 heavy (non-hydrogen) atoms. The molecule has 4 rings (SSSR count). The lowest BCUT2D eigenvalue weighted by Gasteiger charge is -2.25. The van der Waals surface area contributed by atoms with Crippen LogP contribution < -0.4 is 9.73 Å². The SMILES string of the molecule is CCc1ccccc1N(CC(=O)N/N=C\c1cc(C)n(-c2cccc(Br)c2)c1C)S(=O)(=O)c1ccccc1. The van der Waals surface area contributed by atoms with Crippen molar-refractivity contribution in [3.63, 3.8) is 0 Å². The van der Waals surface area contributed by atoms with Crippen LogP contribution in [0.4, 0.5) is 5.69 Å². The smallest absolute Gasteiger partial charge is 0.264 e. The third kappa shape index (κ3) is 5.89. The van der Waals surface area contributed by atoms with E-state index >= 15 is 0 Å². The normalized spacial score (nSPS) is 11.6. The van der Waals surface area contributed by atoms with E-state index in [0.29, 0.717) is 12.1 Å². The molecule has 0 saturated carbocycles. The lowest BCUT2D eigenvalue weighted by Crippen LogP contribution is -2.40. The third-order valence-electron chi connectivity index (χ3n) is 6.19. The number of hydrogen-bond acceptors (Lipinski definition) is 4. The van der Waals surface area contributed by atoms with Gasteiger partial charge >= 0.3 is 0 Å². The summed E-state index contributed by atoms with van der Waals surface area (Å²) in [7, 11) is -3.99. The Morgan fingerprint density at radius 2 is 1.71 bits per heavy atom. The van der Waals surface area contributed by atoms with Crippen molar-refractivity contribution in [3.05, 3.63) is 112 Å². The van der Waals surface area contributed by atoms with Gasteiger partial charge in [-0.1, -0.05) is 65.3 Å². The summed E-state index contributed by atoms with van der Waals surface area (Å²) in [6.45, 7) is 5.51. The van der Waals surface area contributed by atoms with Crippen LogP contribution in [0, 0.1) is 13.8 Å². The summed E-state index contributed by atoms with van der Waals surface area (Å²) in [5.74, 6) is -0.549. The zero-order valence-corrected chi connectivity index (χ0v) is 23.8. The van der Waals surface area contributed by atoms with E-state index in [0.717, 1.165) is 37.0 Å². The molecule has 7 nitrogen and oxygen atoms in total. The number of sulfonamides is 1. The Labute approximate surface area is 232 Å². The number of aryl methyl sites for hydroxylation is 2. The van der Waals surface area contributed by atoms with E-state index in [9.17, 15) is 13.2 Å². The summed E-state index contributed by atoms with van der Waals surface area (Å²) in [5.41, 5.74) is 7.62. The van der Waals surface area contributed by atoms with Crippen molar-refractivity contribution in [2.75, 3.05) is 10.8 Å². The first kappa shape index (κ1) is 27.3. The van der Waals surface area contributed by atoms with Gasteiger partial charge in [0.15, 0.2) is 0 Å². The molecule has 1 heterocycles. The standard InChI is InChI=1S/C29H29BrN4O3S/c1-4-23-11-8-9-16-28(23)33(38(36,37)27-14-6-5-7-15-27)20-29(35)32-31-19-24-17-21(2)34(22(24)3)26-13-10-12-25(30)18-26/h5-19H,4,20H2,1-3H3,(H,32,35)/b31-19-. The predicted molar refractivity (Wildman–Crippen MR) is 155 cm³/mol. The molecule has 9 heteroatoms. The first-order valence-electron chi connectivity index (χ1n) is 12.1. The number of anilines is 1. The summed E-state index contributed by atoms with van der Waals surface area (Å²) in [6.07, 6.45) is 2.19. The molecule has 1 N–H and O–H groups in total. The van der Waals surface area contributed by atoms with E-state index in [4.69, 9.17) is 0 Å². The number of halogens is 1. The highest BCUT2D eigenvalue weighted by Gasteiger charge is 2.28. The van der Waals surface area contributed by atoms with Gasteiger partial charge in [0, 0.05) is 27.1 Å². The fourth-order valence-electron chi connectivity index (χ4n) is 4.34. The van der Waals surface area contributed by atoms with Crippen molar-refractivity contribution < 1.29 is 13.2 Å². The van der Waals surface area contributed by atoms with Crippen molar-refractivity contribution in [1.82, 2.24) is 9.99 Å². The topological polar surface area (TPSA) is 83.8 Å². The highest BCUT2D eigenvalue weighted by Crippen LogP contribution is 2.27. The molecular formula is C29H29BrN4O3S. The number of carbonyl (C=O) groups is 1. The largest absolute Gasteiger partial charge is 0.318 e. The number of aromatic nitrogens is 1. The fourth-order valence-corrected chi connectivity index (χ4v) is 6.21. The number of carbonyl (C=O) groups excluding carboxylic acids is 1. The van der Waals surface area contributed by atoms with Gasteiger partial charge in [0.25, 0.3) is 15.9 Å². The van der Waals surface area contributed by atoms with E-state index in [1.807, 2.05) is 63.2 Å². The Bertz CT molecular complexity index is 1580. The summed E-state index contributed by atoms with van der Waals surface area (Å²) in [5, 5.41) is 4.14. The molecule has 0 aliphatic heterocycles. The summed E-state index contributed by atoms with van der Waals surface area (Å²) >= 11 is 3.51. The second-order valence-corrected chi connectivity index (χ2v) is 11.5. The van der Waals surface area contributed by atoms with Gasteiger partial charge in [-0.05, 0) is 68.3 Å². The maximum Gasteiger partial charge on any atom is 0.264 e. The molecule has 3 aromatic carbocycles. The lowest BCUT2D eigenvalue weighted by molar-refractivity contribution is -0.119. The summed E-state index contributed by atoms with van der Waals surface area (Å²) in [6, 6.07) is 25.3. The average molecular weight is 594 g/mol. The van der Waals surface area contributed by atoms with Crippen LogP contribution in [-0.2, 0) is 21.2 Å². The Morgan fingerprint density at radius 1 is 1.00 bits per heavy atom. The molecule has 0 bridgehead atoms. The van der Waals surface area contributed by atoms with Gasteiger partial charge in [-0.3, -0.25) is 9.10 Å². The van der Waals surface area contributed by atoms with Crippen LogP contribution >= 0.6 is 15.9 Å². The van der Waals surface area contributed by atoms with Crippen molar-refractivity contribution in [2.24, 2.45) is 5.10 Å². The monoisotopic (exact) mass is 592 g/mol. The number of nitrogens with one attached hydrogen (secondary N) is 1. The highest BCUT2D eigenvalue weighted by atomic mass is 79.9. The summed E-state index contributed by atoms with van der Waals surface area (Å²) < 4.78 is 31.4. The first-order valence-corrected chi connectivity index (χ1v) is 14.4. The van der Waals surface area contributed by atoms with Crippen LogP contribution in [0.5, 0.6) is 0 Å². The predicted octanol–water partition coefficient (Wildman–Crippen LogP) is 5.76. The second kappa shape index (κ2) is 11.8. The first-order chi connectivity index (χ1) is 18.2. The van der Waals surface area contributed by atoms with Crippen molar-refractivity contribution in [2.45, 2.75) is 32.1 Å². The van der Waals surface area contributed by atoms with Crippen molar-refractivity contribution >= 4 is 43.8 Å². The molecule has 1 amide bonds. The molecular weight excluding hydrogens is 564 g/mol. The van der Waals surface area contributed by atoms with E-state index < -0.39 is 22.5 Å². The lowest BCUT2D eigenvalue weighted by atomic mass is 10.1. The molecule has 0 radical (unpaired) electrons. The van der Waals surface area contributed by atoms with Gasteiger partial charge < -0.3 is 4.57 Å². The molecule has 0 fully saturated rings. The average Bonchev–Trinajstić information content (AvgIpc) is 3.20. The Morgan fingerprint density at radius 3 is 2.42 bits per heavy atom. The Hall–Kier alpha value is -3.69. The number of nitrogens with zero attached hydrogens (tertiary/aromatic N) is 3. The minimum Gasteiger partial charge on any atom is -0.318 e. The number of rotatable bonds is 9. The number of amides is 1. The second-order valence-electron chi connectivity index (χ2n) is 8.74. The number of hydrogen-bond donors (Lipinski definition) is 1. The van der Waals surface area contributed by atoms with E-state index in [-0.39, 0.29) is 4.90 Å². The van der Waals surface area contributed by atoms with Gasteiger partial charge in [0.2, 0.25) is 0 Å². The minimum atomic E-state index is -3.99. The maximum atomic E-state index is 13.6. The van der Waals surface area contributed by atoms with Gasteiger partial charge in [0.1, 0.15) is 6.54 Å².